The van der Waals surface area contributed by atoms with Crippen molar-refractivity contribution in [1.29, 1.82) is 0 Å². The van der Waals surface area contributed by atoms with Crippen LogP contribution < -0.4 is 16.4 Å². The van der Waals surface area contributed by atoms with Gasteiger partial charge in [-0.2, -0.15) is 0 Å². The Kier molecular flexibility index (Phi) is 9.00. The van der Waals surface area contributed by atoms with Gasteiger partial charge in [-0.1, -0.05) is 6.42 Å². The molecule has 0 aromatic heterocycles. The molecule has 0 aromatic rings. The molecule has 18 heavy (non-hydrogen) atoms. The van der Waals surface area contributed by atoms with Crippen LogP contribution in [0, 0.1) is 0 Å². The molecular weight excluding hydrogens is 234 g/mol. The minimum atomic E-state index is -0.848. The van der Waals surface area contributed by atoms with Crippen molar-refractivity contribution in [3.05, 3.63) is 0 Å². The van der Waals surface area contributed by atoms with Crippen LogP contribution in [-0.2, 0) is 4.79 Å². The van der Waals surface area contributed by atoms with E-state index in [0.717, 1.165) is 19.3 Å². The first kappa shape index (κ1) is 16.7. The summed E-state index contributed by atoms with van der Waals surface area (Å²) in [6.45, 7) is 4.41. The number of carboxylic acids is 1. The van der Waals surface area contributed by atoms with Crippen LogP contribution in [-0.4, -0.2) is 35.7 Å². The van der Waals surface area contributed by atoms with Crippen LogP contribution in [0.4, 0.5) is 4.79 Å². The van der Waals surface area contributed by atoms with Crippen molar-refractivity contribution in [3.63, 3.8) is 0 Å². The third kappa shape index (κ3) is 9.89. The zero-order valence-electron chi connectivity index (χ0n) is 11.2. The lowest BCUT2D eigenvalue weighted by atomic mass is 10.1. The third-order valence-corrected chi connectivity index (χ3v) is 2.64. The summed E-state index contributed by atoms with van der Waals surface area (Å²) in [5.74, 6) is -0.848. The number of hydrogen-bond donors (Lipinski definition) is 4. The SMILES string of the molecule is C[C@H](CCCCN)NC(=O)N[C@H](C)CCC(=O)O. The maximum atomic E-state index is 11.5. The van der Waals surface area contributed by atoms with E-state index in [0.29, 0.717) is 13.0 Å². The number of nitrogens with one attached hydrogen (secondary N) is 2. The second-order valence-corrected chi connectivity index (χ2v) is 4.64. The van der Waals surface area contributed by atoms with E-state index in [4.69, 9.17) is 10.8 Å². The summed E-state index contributed by atoms with van der Waals surface area (Å²) in [6, 6.07) is -0.284. The van der Waals surface area contributed by atoms with Gasteiger partial charge in [0.05, 0.1) is 0 Å². The lowest BCUT2D eigenvalue weighted by Crippen LogP contribution is -2.44. The van der Waals surface area contributed by atoms with Crippen molar-refractivity contribution in [2.45, 2.75) is 58.0 Å². The first-order valence-electron chi connectivity index (χ1n) is 6.44. The van der Waals surface area contributed by atoms with Gasteiger partial charge in [0.25, 0.3) is 0 Å². The van der Waals surface area contributed by atoms with Crippen molar-refractivity contribution < 1.29 is 14.7 Å². The first-order chi connectivity index (χ1) is 8.45. The lowest BCUT2D eigenvalue weighted by Gasteiger charge is -2.17. The predicted octanol–water partition coefficient (Wildman–Crippen LogP) is 1.06. The van der Waals surface area contributed by atoms with Gasteiger partial charge in [-0.3, -0.25) is 4.79 Å². The molecule has 0 unspecified atom stereocenters. The summed E-state index contributed by atoms with van der Waals surface area (Å²) < 4.78 is 0. The van der Waals surface area contributed by atoms with Crippen LogP contribution in [0.5, 0.6) is 0 Å². The van der Waals surface area contributed by atoms with Gasteiger partial charge in [0, 0.05) is 18.5 Å². The number of nitrogens with two attached hydrogens (primary N) is 1. The number of rotatable bonds is 9. The highest BCUT2D eigenvalue weighted by Crippen LogP contribution is 2.00. The Morgan fingerprint density at radius 3 is 2.17 bits per heavy atom. The molecule has 0 radical (unpaired) electrons. The molecule has 0 bridgehead atoms. The Morgan fingerprint density at radius 2 is 1.67 bits per heavy atom. The molecule has 0 rings (SSSR count). The van der Waals surface area contributed by atoms with Gasteiger partial charge in [-0.15, -0.1) is 0 Å². The molecule has 0 fully saturated rings. The van der Waals surface area contributed by atoms with Gasteiger partial charge >= 0.3 is 12.0 Å². The van der Waals surface area contributed by atoms with E-state index in [1.54, 1.807) is 6.92 Å². The fraction of sp³-hybridized carbons (Fsp3) is 0.833. The number of amides is 2. The molecule has 0 spiro atoms. The molecule has 0 heterocycles. The van der Waals surface area contributed by atoms with E-state index in [-0.39, 0.29) is 24.5 Å². The topological polar surface area (TPSA) is 104 Å². The van der Waals surface area contributed by atoms with Crippen molar-refractivity contribution >= 4 is 12.0 Å². The molecule has 0 aromatic carbocycles. The Hall–Kier alpha value is -1.30. The molecule has 0 aliphatic rings. The minimum absolute atomic E-state index is 0.0630. The van der Waals surface area contributed by atoms with Gasteiger partial charge in [0.2, 0.25) is 0 Å². The monoisotopic (exact) mass is 259 g/mol. The highest BCUT2D eigenvalue weighted by Gasteiger charge is 2.11. The van der Waals surface area contributed by atoms with Gasteiger partial charge < -0.3 is 21.5 Å². The number of carbonyl (C=O) groups is 2. The molecular formula is C12H25N3O3. The molecule has 106 valence electrons. The van der Waals surface area contributed by atoms with Crippen LogP contribution in [0.2, 0.25) is 0 Å². The van der Waals surface area contributed by atoms with Crippen molar-refractivity contribution in [2.75, 3.05) is 6.54 Å². The van der Waals surface area contributed by atoms with Crippen molar-refractivity contribution in [3.8, 4) is 0 Å². The van der Waals surface area contributed by atoms with Gasteiger partial charge in [-0.25, -0.2) is 4.79 Å². The van der Waals surface area contributed by atoms with E-state index < -0.39 is 5.97 Å². The molecule has 6 nitrogen and oxygen atoms in total. The van der Waals surface area contributed by atoms with Crippen LogP contribution in [0.25, 0.3) is 0 Å². The van der Waals surface area contributed by atoms with Crippen LogP contribution in [0.15, 0.2) is 0 Å². The average molecular weight is 259 g/mol. The Balaban J connectivity index is 3.71. The first-order valence-corrected chi connectivity index (χ1v) is 6.44. The van der Waals surface area contributed by atoms with Gasteiger partial charge in [0.1, 0.15) is 0 Å². The minimum Gasteiger partial charge on any atom is -0.481 e. The van der Waals surface area contributed by atoms with E-state index >= 15 is 0 Å². The van der Waals surface area contributed by atoms with E-state index in [1.165, 1.54) is 0 Å². The Labute approximate surface area is 108 Å². The summed E-state index contributed by atoms with van der Waals surface area (Å²) >= 11 is 0. The van der Waals surface area contributed by atoms with E-state index in [2.05, 4.69) is 10.6 Å². The fourth-order valence-corrected chi connectivity index (χ4v) is 1.57. The van der Waals surface area contributed by atoms with Gasteiger partial charge in [-0.05, 0) is 39.7 Å². The summed E-state index contributed by atoms with van der Waals surface area (Å²) in [4.78, 5) is 21.9. The van der Waals surface area contributed by atoms with Crippen LogP contribution >= 0.6 is 0 Å². The zero-order chi connectivity index (χ0) is 14.0. The standard InChI is InChI=1S/C12H25N3O3/c1-9(5-3-4-8-13)14-12(18)15-10(2)6-7-11(16)17/h9-10H,3-8,13H2,1-2H3,(H,16,17)(H2,14,15,18)/t9-,10-/m1/s1. The lowest BCUT2D eigenvalue weighted by molar-refractivity contribution is -0.137. The number of carboxylic acid groups (broad SMARTS) is 1. The summed E-state index contributed by atoms with van der Waals surface area (Å²) in [5.41, 5.74) is 5.39. The van der Waals surface area contributed by atoms with Crippen LogP contribution in [0.3, 0.4) is 0 Å². The number of aliphatic carboxylic acids is 1. The normalized spacial score (nSPS) is 13.7. The number of hydrogen-bond acceptors (Lipinski definition) is 3. The summed E-state index contributed by atoms with van der Waals surface area (Å²) in [7, 11) is 0. The molecule has 6 heteroatoms. The largest absolute Gasteiger partial charge is 0.481 e. The molecule has 0 saturated heterocycles. The Morgan fingerprint density at radius 1 is 1.11 bits per heavy atom. The molecule has 0 aliphatic heterocycles. The predicted molar refractivity (Wildman–Crippen MR) is 70.4 cm³/mol. The van der Waals surface area contributed by atoms with Crippen molar-refractivity contribution in [1.82, 2.24) is 10.6 Å². The highest BCUT2D eigenvalue weighted by atomic mass is 16.4. The molecule has 0 saturated carbocycles. The molecule has 2 amide bonds. The van der Waals surface area contributed by atoms with Gasteiger partial charge in [0.15, 0.2) is 0 Å². The molecule has 5 N–H and O–H groups in total. The van der Waals surface area contributed by atoms with Crippen molar-refractivity contribution in [2.24, 2.45) is 5.73 Å². The van der Waals surface area contributed by atoms with E-state index in [9.17, 15) is 9.59 Å². The number of urea groups is 1. The maximum Gasteiger partial charge on any atom is 0.315 e. The second kappa shape index (κ2) is 9.70. The summed E-state index contributed by atoms with van der Waals surface area (Å²) in [6.07, 6.45) is 3.35. The highest BCUT2D eigenvalue weighted by molar-refractivity contribution is 5.74. The zero-order valence-corrected chi connectivity index (χ0v) is 11.2. The second-order valence-electron chi connectivity index (χ2n) is 4.64. The smallest absolute Gasteiger partial charge is 0.315 e. The van der Waals surface area contributed by atoms with Crippen LogP contribution in [0.1, 0.15) is 46.0 Å². The number of carbonyl (C=O) groups excluding carboxylic acids is 1. The molecule has 0 aliphatic carbocycles. The quantitative estimate of drug-likeness (QED) is 0.465. The van der Waals surface area contributed by atoms with E-state index in [1.807, 2.05) is 6.92 Å². The third-order valence-electron chi connectivity index (χ3n) is 2.64. The fourth-order valence-electron chi connectivity index (χ4n) is 1.57. The Bertz CT molecular complexity index is 259. The average Bonchev–Trinajstić information content (AvgIpc) is 2.26. The number of unbranched alkanes of at least 4 members (excludes halogenated alkanes) is 1. The summed E-state index contributed by atoms with van der Waals surface area (Å²) in [5, 5.41) is 14.1. The molecule has 2 atom stereocenters. The maximum absolute atomic E-state index is 11.5.